The van der Waals surface area contributed by atoms with Crippen molar-refractivity contribution in [3.05, 3.63) is 41.2 Å². The van der Waals surface area contributed by atoms with Gasteiger partial charge in [0.2, 0.25) is 0 Å². The summed E-state index contributed by atoms with van der Waals surface area (Å²) in [6, 6.07) is 5.85. The number of carbonyl (C=O) groups excluding carboxylic acids is 2. The lowest BCUT2D eigenvalue weighted by atomic mass is 9.59. The van der Waals surface area contributed by atoms with Gasteiger partial charge in [0.25, 0.3) is 11.8 Å². The van der Waals surface area contributed by atoms with Crippen LogP contribution in [0.2, 0.25) is 0 Å². The third-order valence-electron chi connectivity index (χ3n) is 7.43. The molecule has 1 saturated carbocycles. The zero-order valence-corrected chi connectivity index (χ0v) is 19.5. The van der Waals surface area contributed by atoms with Gasteiger partial charge in [-0.25, -0.2) is 4.68 Å². The number of aryl methyl sites for hydroxylation is 1. The SMILES string of the molecule is CCN(CC)C(=O)c1cn(C2CCC23CCN(C(=O)c2ccc(OC)cc2C)CC3)nn1. The standard InChI is InChI=1S/C24H33N5O3/c1-5-27(6-2)23(31)20-16-29(26-25-20)21-9-10-24(21)11-13-28(14-12-24)22(30)19-8-7-18(32-4)15-17(19)3/h7-8,15-16,21H,5-6,9-14H2,1-4H3. The number of nitrogens with zero attached hydrogens (tertiary/aromatic N) is 5. The molecule has 1 spiro atoms. The molecule has 1 atom stereocenters. The third-order valence-corrected chi connectivity index (χ3v) is 7.43. The van der Waals surface area contributed by atoms with Gasteiger partial charge in [0.05, 0.1) is 19.3 Å². The number of rotatable bonds is 6. The van der Waals surface area contributed by atoms with E-state index in [1.165, 1.54) is 0 Å². The van der Waals surface area contributed by atoms with Crippen LogP contribution in [-0.4, -0.2) is 69.9 Å². The van der Waals surface area contributed by atoms with Gasteiger partial charge in [0.15, 0.2) is 5.69 Å². The van der Waals surface area contributed by atoms with Gasteiger partial charge < -0.3 is 14.5 Å². The van der Waals surface area contributed by atoms with Crippen LogP contribution >= 0.6 is 0 Å². The number of hydrogen-bond donors (Lipinski definition) is 0. The summed E-state index contributed by atoms with van der Waals surface area (Å²) in [6.07, 6.45) is 5.86. The van der Waals surface area contributed by atoms with E-state index >= 15 is 0 Å². The summed E-state index contributed by atoms with van der Waals surface area (Å²) >= 11 is 0. The Labute approximate surface area is 189 Å². The van der Waals surface area contributed by atoms with Gasteiger partial charge in [-0.15, -0.1) is 5.10 Å². The van der Waals surface area contributed by atoms with E-state index in [1.807, 2.05) is 54.7 Å². The molecule has 4 rings (SSSR count). The highest BCUT2D eigenvalue weighted by atomic mass is 16.5. The molecule has 172 valence electrons. The van der Waals surface area contributed by atoms with Gasteiger partial charge in [-0.2, -0.15) is 0 Å². The van der Waals surface area contributed by atoms with Crippen LogP contribution in [0, 0.1) is 12.3 Å². The Bertz CT molecular complexity index is 989. The van der Waals surface area contributed by atoms with Crippen molar-refractivity contribution >= 4 is 11.8 Å². The molecule has 1 saturated heterocycles. The quantitative estimate of drug-likeness (QED) is 0.690. The minimum atomic E-state index is -0.0649. The van der Waals surface area contributed by atoms with E-state index in [0.717, 1.165) is 55.6 Å². The van der Waals surface area contributed by atoms with Crippen molar-refractivity contribution in [2.45, 2.75) is 52.5 Å². The molecule has 1 aromatic heterocycles. The van der Waals surface area contributed by atoms with Crippen LogP contribution in [0.5, 0.6) is 5.75 Å². The van der Waals surface area contributed by atoms with Gasteiger partial charge in [0, 0.05) is 31.7 Å². The summed E-state index contributed by atoms with van der Waals surface area (Å²) in [5, 5.41) is 8.48. The molecule has 8 nitrogen and oxygen atoms in total. The number of ether oxygens (including phenoxy) is 1. The van der Waals surface area contributed by atoms with E-state index in [-0.39, 0.29) is 23.3 Å². The predicted molar refractivity (Wildman–Crippen MR) is 121 cm³/mol. The summed E-state index contributed by atoms with van der Waals surface area (Å²) in [5.74, 6) is 0.786. The Balaban J connectivity index is 1.42. The van der Waals surface area contributed by atoms with Crippen molar-refractivity contribution in [3.8, 4) is 5.75 Å². The number of likely N-dealkylation sites (tertiary alicyclic amines) is 1. The lowest BCUT2D eigenvalue weighted by molar-refractivity contribution is -0.0268. The second kappa shape index (κ2) is 8.92. The van der Waals surface area contributed by atoms with E-state index in [9.17, 15) is 9.59 Å². The first-order valence-electron chi connectivity index (χ1n) is 11.6. The van der Waals surface area contributed by atoms with E-state index < -0.39 is 0 Å². The molecule has 1 aliphatic carbocycles. The second-order valence-electron chi connectivity index (χ2n) is 8.95. The Morgan fingerprint density at radius 2 is 1.91 bits per heavy atom. The highest BCUT2D eigenvalue weighted by molar-refractivity contribution is 5.96. The van der Waals surface area contributed by atoms with Gasteiger partial charge >= 0.3 is 0 Å². The maximum atomic E-state index is 13.1. The van der Waals surface area contributed by atoms with E-state index in [4.69, 9.17) is 4.74 Å². The molecule has 0 radical (unpaired) electrons. The summed E-state index contributed by atoms with van der Waals surface area (Å²) in [4.78, 5) is 29.4. The number of benzene rings is 1. The Kier molecular flexibility index (Phi) is 6.22. The van der Waals surface area contributed by atoms with Crippen LogP contribution in [0.3, 0.4) is 0 Å². The topological polar surface area (TPSA) is 80.6 Å². The molecule has 2 heterocycles. The van der Waals surface area contributed by atoms with Gasteiger partial charge in [-0.05, 0) is 75.6 Å². The lowest BCUT2D eigenvalue weighted by Crippen LogP contribution is -2.51. The second-order valence-corrected chi connectivity index (χ2v) is 8.95. The molecule has 0 N–H and O–H groups in total. The van der Waals surface area contributed by atoms with Gasteiger partial charge in [0.1, 0.15) is 5.75 Å². The van der Waals surface area contributed by atoms with Crippen LogP contribution in [-0.2, 0) is 0 Å². The smallest absolute Gasteiger partial charge is 0.276 e. The van der Waals surface area contributed by atoms with Gasteiger partial charge in [-0.1, -0.05) is 5.21 Å². The molecular weight excluding hydrogens is 406 g/mol. The molecule has 1 aliphatic heterocycles. The highest BCUT2D eigenvalue weighted by Crippen LogP contribution is 2.56. The van der Waals surface area contributed by atoms with Crippen LogP contribution in [0.15, 0.2) is 24.4 Å². The van der Waals surface area contributed by atoms with Gasteiger partial charge in [-0.3, -0.25) is 9.59 Å². The van der Waals surface area contributed by atoms with Crippen molar-refractivity contribution in [1.82, 2.24) is 24.8 Å². The van der Waals surface area contributed by atoms with Crippen LogP contribution in [0.4, 0.5) is 0 Å². The summed E-state index contributed by atoms with van der Waals surface area (Å²) < 4.78 is 7.15. The van der Waals surface area contributed by atoms with Crippen molar-refractivity contribution < 1.29 is 14.3 Å². The molecule has 1 aromatic carbocycles. The minimum absolute atomic E-state index is 0.0649. The average Bonchev–Trinajstić information content (AvgIpc) is 3.27. The summed E-state index contributed by atoms with van der Waals surface area (Å²) in [7, 11) is 1.63. The molecule has 1 unspecified atom stereocenters. The van der Waals surface area contributed by atoms with Crippen LogP contribution in [0.25, 0.3) is 0 Å². The number of methoxy groups -OCH3 is 1. The molecule has 32 heavy (non-hydrogen) atoms. The molecule has 2 amide bonds. The Morgan fingerprint density at radius 3 is 2.47 bits per heavy atom. The van der Waals surface area contributed by atoms with E-state index in [2.05, 4.69) is 10.3 Å². The molecule has 2 aliphatic rings. The van der Waals surface area contributed by atoms with Crippen molar-refractivity contribution in [3.63, 3.8) is 0 Å². The van der Waals surface area contributed by atoms with Crippen molar-refractivity contribution in [2.75, 3.05) is 33.3 Å². The zero-order valence-electron chi connectivity index (χ0n) is 19.5. The largest absolute Gasteiger partial charge is 0.497 e. The highest BCUT2D eigenvalue weighted by Gasteiger charge is 2.50. The van der Waals surface area contributed by atoms with Crippen LogP contribution < -0.4 is 4.74 Å². The lowest BCUT2D eigenvalue weighted by Gasteiger charge is -2.53. The molecular formula is C24H33N5O3. The number of hydrogen-bond acceptors (Lipinski definition) is 5. The van der Waals surface area contributed by atoms with E-state index in [1.54, 1.807) is 12.0 Å². The van der Waals surface area contributed by atoms with E-state index in [0.29, 0.717) is 18.8 Å². The zero-order chi connectivity index (χ0) is 22.9. The monoisotopic (exact) mass is 439 g/mol. The number of aromatic nitrogens is 3. The Morgan fingerprint density at radius 1 is 1.19 bits per heavy atom. The first-order chi connectivity index (χ1) is 15.4. The molecule has 2 fully saturated rings. The summed E-state index contributed by atoms with van der Waals surface area (Å²) in [5.41, 5.74) is 2.22. The molecule has 0 bridgehead atoms. The minimum Gasteiger partial charge on any atom is -0.497 e. The first kappa shape index (κ1) is 22.3. The van der Waals surface area contributed by atoms with Crippen molar-refractivity contribution in [2.24, 2.45) is 5.41 Å². The fourth-order valence-corrected chi connectivity index (χ4v) is 5.21. The maximum absolute atomic E-state index is 13.1. The summed E-state index contributed by atoms with van der Waals surface area (Å²) in [6.45, 7) is 8.68. The fraction of sp³-hybridized carbons (Fsp3) is 0.583. The molecule has 8 heteroatoms. The van der Waals surface area contributed by atoms with Crippen LogP contribution in [0.1, 0.15) is 72.0 Å². The average molecular weight is 440 g/mol. The number of piperidine rings is 1. The normalized spacial score (nSPS) is 19.5. The number of amides is 2. The fourth-order valence-electron chi connectivity index (χ4n) is 5.21. The third kappa shape index (κ3) is 3.87. The first-order valence-corrected chi connectivity index (χ1v) is 11.6. The molecule has 2 aromatic rings. The maximum Gasteiger partial charge on any atom is 0.276 e. The number of carbonyl (C=O) groups is 2. The van der Waals surface area contributed by atoms with Crippen molar-refractivity contribution in [1.29, 1.82) is 0 Å². The Hall–Kier alpha value is -2.90. The predicted octanol–water partition coefficient (Wildman–Crippen LogP) is 3.33.